The number of hydrogen-bond acceptors (Lipinski definition) is 4. The molecule has 0 bridgehead atoms. The number of hydrogen-bond donors (Lipinski definition) is 2. The number of nitrogens with zero attached hydrogens (tertiary/aromatic N) is 1. The maximum atomic E-state index is 11.4. The van der Waals surface area contributed by atoms with Crippen molar-refractivity contribution in [3.05, 3.63) is 22.9 Å². The Morgan fingerprint density at radius 2 is 2.24 bits per heavy atom. The zero-order valence-corrected chi connectivity index (χ0v) is 10.7. The zero-order valence-electron chi connectivity index (χ0n) is 10.7. The van der Waals surface area contributed by atoms with E-state index in [-0.39, 0.29) is 6.10 Å². The second kappa shape index (κ2) is 5.63. The lowest BCUT2D eigenvalue weighted by molar-refractivity contribution is 0.0991. The average molecular weight is 237 g/mol. The van der Waals surface area contributed by atoms with Crippen molar-refractivity contribution in [3.63, 3.8) is 0 Å². The van der Waals surface area contributed by atoms with Gasteiger partial charge in [0.25, 0.3) is 5.91 Å². The second-order valence-electron chi connectivity index (χ2n) is 4.11. The number of nitrogens with two attached hydrogens (primary N) is 1. The Morgan fingerprint density at radius 3 is 2.76 bits per heavy atom. The standard InChI is InChI=1S/C12H19N3O2/c1-7-5-8(2)15-12(10(7)11(13)16)17-9(3)6-14-4/h5,9,14H,6H2,1-4H3,(H2,13,16). The number of likely N-dealkylation sites (N-methyl/N-ethyl adjacent to an activating group) is 1. The van der Waals surface area contributed by atoms with Gasteiger partial charge in [0, 0.05) is 12.2 Å². The maximum Gasteiger partial charge on any atom is 0.254 e. The maximum absolute atomic E-state index is 11.4. The summed E-state index contributed by atoms with van der Waals surface area (Å²) in [5.41, 5.74) is 7.29. The second-order valence-corrected chi connectivity index (χ2v) is 4.11. The van der Waals surface area contributed by atoms with Crippen LogP contribution in [0, 0.1) is 13.8 Å². The van der Waals surface area contributed by atoms with Crippen LogP contribution in [0.2, 0.25) is 0 Å². The van der Waals surface area contributed by atoms with Crippen LogP contribution in [0.3, 0.4) is 0 Å². The summed E-state index contributed by atoms with van der Waals surface area (Å²) in [5.74, 6) is -0.195. The van der Waals surface area contributed by atoms with Gasteiger partial charge in [0.15, 0.2) is 0 Å². The van der Waals surface area contributed by atoms with E-state index in [9.17, 15) is 4.79 Å². The van der Waals surface area contributed by atoms with Crippen LogP contribution in [-0.2, 0) is 0 Å². The molecule has 0 fully saturated rings. The average Bonchev–Trinajstić information content (AvgIpc) is 2.15. The van der Waals surface area contributed by atoms with Gasteiger partial charge in [-0.1, -0.05) is 0 Å². The van der Waals surface area contributed by atoms with Gasteiger partial charge in [-0.3, -0.25) is 4.79 Å². The molecule has 1 unspecified atom stereocenters. The summed E-state index contributed by atoms with van der Waals surface area (Å²) >= 11 is 0. The fourth-order valence-electron chi connectivity index (χ4n) is 1.71. The van der Waals surface area contributed by atoms with Gasteiger partial charge in [-0.05, 0) is 39.4 Å². The lowest BCUT2D eigenvalue weighted by Gasteiger charge is -2.16. The molecule has 0 saturated heterocycles. The highest BCUT2D eigenvalue weighted by molar-refractivity contribution is 5.96. The molecule has 0 aliphatic carbocycles. The first-order valence-electron chi connectivity index (χ1n) is 5.55. The van der Waals surface area contributed by atoms with Gasteiger partial charge in [-0.2, -0.15) is 0 Å². The molecule has 5 nitrogen and oxygen atoms in total. The van der Waals surface area contributed by atoms with Gasteiger partial charge in [0.2, 0.25) is 5.88 Å². The topological polar surface area (TPSA) is 77.2 Å². The van der Waals surface area contributed by atoms with E-state index < -0.39 is 5.91 Å². The number of ether oxygens (including phenoxy) is 1. The summed E-state index contributed by atoms with van der Waals surface area (Å²) in [4.78, 5) is 15.6. The Labute approximate surface area is 101 Å². The SMILES string of the molecule is CNCC(C)Oc1nc(C)cc(C)c1C(N)=O. The van der Waals surface area contributed by atoms with E-state index in [1.807, 2.05) is 33.9 Å². The largest absolute Gasteiger partial charge is 0.473 e. The van der Waals surface area contributed by atoms with E-state index in [1.54, 1.807) is 0 Å². The van der Waals surface area contributed by atoms with Crippen LogP contribution < -0.4 is 15.8 Å². The molecule has 1 heterocycles. The molecule has 1 atom stereocenters. The highest BCUT2D eigenvalue weighted by atomic mass is 16.5. The van der Waals surface area contributed by atoms with Crippen LogP contribution >= 0.6 is 0 Å². The Hall–Kier alpha value is -1.62. The Morgan fingerprint density at radius 1 is 1.59 bits per heavy atom. The van der Waals surface area contributed by atoms with Crippen LogP contribution in [0.25, 0.3) is 0 Å². The predicted molar refractivity (Wildman–Crippen MR) is 66.2 cm³/mol. The van der Waals surface area contributed by atoms with Crippen molar-refractivity contribution >= 4 is 5.91 Å². The molecule has 0 aromatic carbocycles. The minimum Gasteiger partial charge on any atom is -0.473 e. The molecule has 1 rings (SSSR count). The molecule has 1 aromatic rings. The van der Waals surface area contributed by atoms with Crippen molar-refractivity contribution in [2.45, 2.75) is 26.9 Å². The summed E-state index contributed by atoms with van der Waals surface area (Å²) < 4.78 is 5.63. The normalized spacial score (nSPS) is 12.2. The lowest BCUT2D eigenvalue weighted by atomic mass is 10.1. The van der Waals surface area contributed by atoms with Crippen LogP contribution in [0.4, 0.5) is 0 Å². The van der Waals surface area contributed by atoms with Crippen molar-refractivity contribution < 1.29 is 9.53 Å². The molecule has 0 spiro atoms. The van der Waals surface area contributed by atoms with Crippen molar-refractivity contribution in [1.29, 1.82) is 0 Å². The van der Waals surface area contributed by atoms with E-state index in [1.165, 1.54) is 0 Å². The molecular weight excluding hydrogens is 218 g/mol. The Kier molecular flexibility index (Phi) is 4.45. The number of pyridine rings is 1. The van der Waals surface area contributed by atoms with E-state index in [2.05, 4.69) is 10.3 Å². The molecule has 5 heteroatoms. The summed E-state index contributed by atoms with van der Waals surface area (Å²) in [5, 5.41) is 3.00. The number of aromatic nitrogens is 1. The lowest BCUT2D eigenvalue weighted by Crippen LogP contribution is -2.28. The van der Waals surface area contributed by atoms with Crippen molar-refractivity contribution in [3.8, 4) is 5.88 Å². The van der Waals surface area contributed by atoms with E-state index in [4.69, 9.17) is 10.5 Å². The third-order valence-electron chi connectivity index (χ3n) is 2.36. The van der Waals surface area contributed by atoms with E-state index in [0.29, 0.717) is 18.0 Å². The molecule has 0 radical (unpaired) electrons. The van der Waals surface area contributed by atoms with Gasteiger partial charge < -0.3 is 15.8 Å². The third kappa shape index (κ3) is 3.42. The Balaban J connectivity index is 3.08. The number of carbonyl (C=O) groups is 1. The van der Waals surface area contributed by atoms with Crippen LogP contribution in [0.1, 0.15) is 28.5 Å². The zero-order chi connectivity index (χ0) is 13.0. The fraction of sp³-hybridized carbons (Fsp3) is 0.500. The number of aryl methyl sites for hydroxylation is 2. The minimum absolute atomic E-state index is 0.0770. The number of primary amides is 1. The first kappa shape index (κ1) is 13.4. The van der Waals surface area contributed by atoms with Crippen molar-refractivity contribution in [2.75, 3.05) is 13.6 Å². The smallest absolute Gasteiger partial charge is 0.254 e. The van der Waals surface area contributed by atoms with Gasteiger partial charge in [0.05, 0.1) is 0 Å². The molecule has 1 amide bonds. The number of carbonyl (C=O) groups excluding carboxylic acids is 1. The molecule has 0 saturated carbocycles. The molecule has 3 N–H and O–H groups in total. The van der Waals surface area contributed by atoms with Gasteiger partial charge >= 0.3 is 0 Å². The van der Waals surface area contributed by atoms with Crippen LogP contribution in [0.5, 0.6) is 5.88 Å². The summed E-state index contributed by atoms with van der Waals surface area (Å²) in [7, 11) is 1.84. The summed E-state index contributed by atoms with van der Waals surface area (Å²) in [6.45, 7) is 6.26. The van der Waals surface area contributed by atoms with E-state index in [0.717, 1.165) is 11.3 Å². The van der Waals surface area contributed by atoms with E-state index >= 15 is 0 Å². The monoisotopic (exact) mass is 237 g/mol. The summed E-state index contributed by atoms with van der Waals surface area (Å²) in [6, 6.07) is 1.82. The first-order valence-corrected chi connectivity index (χ1v) is 5.55. The minimum atomic E-state index is -0.512. The van der Waals surface area contributed by atoms with Crippen LogP contribution in [-0.4, -0.2) is 30.6 Å². The molecule has 94 valence electrons. The van der Waals surface area contributed by atoms with Crippen molar-refractivity contribution in [2.24, 2.45) is 5.73 Å². The van der Waals surface area contributed by atoms with Gasteiger partial charge in [-0.15, -0.1) is 0 Å². The number of amides is 1. The van der Waals surface area contributed by atoms with Gasteiger partial charge in [0.1, 0.15) is 11.7 Å². The highest BCUT2D eigenvalue weighted by Crippen LogP contribution is 2.21. The third-order valence-corrected chi connectivity index (χ3v) is 2.36. The molecule has 1 aromatic heterocycles. The molecule has 17 heavy (non-hydrogen) atoms. The first-order chi connectivity index (χ1) is 7.95. The molecular formula is C12H19N3O2. The molecule has 0 aliphatic rings. The predicted octanol–water partition coefficient (Wildman–Crippen LogP) is 0.784. The Bertz CT molecular complexity index is 418. The highest BCUT2D eigenvalue weighted by Gasteiger charge is 2.17. The number of nitrogens with one attached hydrogen (secondary N) is 1. The molecule has 0 aliphatic heterocycles. The van der Waals surface area contributed by atoms with Crippen molar-refractivity contribution in [1.82, 2.24) is 10.3 Å². The van der Waals surface area contributed by atoms with Crippen LogP contribution in [0.15, 0.2) is 6.07 Å². The quantitative estimate of drug-likeness (QED) is 0.793. The van der Waals surface area contributed by atoms with Gasteiger partial charge in [-0.25, -0.2) is 4.98 Å². The fourth-order valence-corrected chi connectivity index (χ4v) is 1.71. The number of rotatable bonds is 5. The summed E-state index contributed by atoms with van der Waals surface area (Å²) in [6.07, 6.45) is -0.0770.